The topological polar surface area (TPSA) is 112 Å². The minimum atomic E-state index is -0.635. The molecule has 0 unspecified atom stereocenters. The molecular formula is C22H21N7O. The Morgan fingerprint density at radius 1 is 1.07 bits per heavy atom. The van der Waals surface area contributed by atoms with E-state index in [1.807, 2.05) is 43.6 Å². The summed E-state index contributed by atoms with van der Waals surface area (Å²) in [6.07, 6.45) is 6.85. The van der Waals surface area contributed by atoms with Crippen molar-refractivity contribution in [3.63, 3.8) is 0 Å². The largest absolute Gasteiger partial charge is 0.373 e. The third-order valence-corrected chi connectivity index (χ3v) is 5.81. The van der Waals surface area contributed by atoms with Gasteiger partial charge in [-0.2, -0.15) is 15.0 Å². The molecule has 1 aromatic carbocycles. The predicted molar refractivity (Wildman–Crippen MR) is 115 cm³/mol. The summed E-state index contributed by atoms with van der Waals surface area (Å²) in [6.45, 7) is 0. The second kappa shape index (κ2) is 6.62. The molecule has 8 heteroatoms. The summed E-state index contributed by atoms with van der Waals surface area (Å²) in [7, 11) is 3.63. The van der Waals surface area contributed by atoms with Crippen LogP contribution in [0.15, 0.2) is 48.9 Å². The number of hydrogen-bond donors (Lipinski definition) is 2. The molecule has 3 N–H and O–H groups in total. The molecule has 0 saturated heterocycles. The summed E-state index contributed by atoms with van der Waals surface area (Å²) < 4.78 is 0. The van der Waals surface area contributed by atoms with Gasteiger partial charge < -0.3 is 11.1 Å². The van der Waals surface area contributed by atoms with Crippen LogP contribution in [0.2, 0.25) is 0 Å². The number of hydrogen-bond acceptors (Lipinski definition) is 6. The average Bonchev–Trinajstić information content (AvgIpc) is 3.48. The normalized spacial score (nSPS) is 14.6. The van der Waals surface area contributed by atoms with Gasteiger partial charge in [0.1, 0.15) is 11.5 Å². The number of aryl methyl sites for hydroxylation is 1. The Bertz CT molecular complexity index is 1270. The average molecular weight is 399 g/mol. The number of fused-ring (bicyclic) bond motifs is 1. The lowest BCUT2D eigenvalue weighted by atomic mass is 9.95. The zero-order valence-electron chi connectivity index (χ0n) is 16.8. The minimum Gasteiger partial charge on any atom is -0.373 e. The van der Waals surface area contributed by atoms with Crippen molar-refractivity contribution in [2.45, 2.75) is 18.3 Å². The van der Waals surface area contributed by atoms with Crippen LogP contribution in [0.4, 0.5) is 5.82 Å². The number of amides is 1. The zero-order valence-corrected chi connectivity index (χ0v) is 16.8. The molecule has 0 aliphatic heterocycles. The van der Waals surface area contributed by atoms with Crippen molar-refractivity contribution >= 4 is 22.5 Å². The highest BCUT2D eigenvalue weighted by molar-refractivity contribution is 6.02. The summed E-state index contributed by atoms with van der Waals surface area (Å²) in [5, 5.41) is 13.5. The van der Waals surface area contributed by atoms with E-state index < -0.39 is 5.41 Å². The van der Waals surface area contributed by atoms with Crippen LogP contribution in [-0.4, -0.2) is 37.9 Å². The highest BCUT2D eigenvalue weighted by Crippen LogP contribution is 2.48. The lowest BCUT2D eigenvalue weighted by molar-refractivity contribution is -0.120. The van der Waals surface area contributed by atoms with Crippen molar-refractivity contribution in [3.05, 3.63) is 54.6 Å². The van der Waals surface area contributed by atoms with Gasteiger partial charge in [-0.3, -0.25) is 9.78 Å². The maximum absolute atomic E-state index is 12.0. The van der Waals surface area contributed by atoms with Gasteiger partial charge >= 0.3 is 0 Å². The van der Waals surface area contributed by atoms with Crippen LogP contribution in [0.25, 0.3) is 33.2 Å². The number of nitrogens with two attached hydrogens (primary N) is 1. The number of anilines is 1. The molecule has 3 heterocycles. The number of pyridine rings is 2. The number of rotatable bonds is 5. The Hall–Kier alpha value is -3.81. The van der Waals surface area contributed by atoms with Crippen molar-refractivity contribution in [3.8, 4) is 22.4 Å². The Kier molecular flexibility index (Phi) is 4.02. The van der Waals surface area contributed by atoms with Gasteiger partial charge in [-0.1, -0.05) is 24.3 Å². The first-order valence-corrected chi connectivity index (χ1v) is 9.76. The van der Waals surface area contributed by atoms with E-state index >= 15 is 0 Å². The van der Waals surface area contributed by atoms with E-state index in [-0.39, 0.29) is 5.91 Å². The molecular weight excluding hydrogens is 378 g/mol. The fourth-order valence-electron chi connectivity index (χ4n) is 3.88. The second-order valence-corrected chi connectivity index (χ2v) is 7.63. The maximum atomic E-state index is 12.0. The molecule has 8 nitrogen and oxygen atoms in total. The summed E-state index contributed by atoms with van der Waals surface area (Å²) in [5.74, 6) is 0.431. The standard InChI is InChI=1S/C22H21N7O/c1-24-20-17-11-25-19(22(7-8-22)21(23)30)9-15(17)16(10-26-20)13-3-5-14(6-4-13)18-12-27-29(2)28-18/h3-6,9-12H,7-8H2,1-2H3,(H2,23,30)(H,24,26). The van der Waals surface area contributed by atoms with Crippen molar-refractivity contribution in [2.24, 2.45) is 12.8 Å². The Balaban J connectivity index is 1.64. The van der Waals surface area contributed by atoms with Crippen molar-refractivity contribution < 1.29 is 4.79 Å². The van der Waals surface area contributed by atoms with Gasteiger partial charge in [0.15, 0.2) is 0 Å². The van der Waals surface area contributed by atoms with Gasteiger partial charge in [-0.05, 0) is 29.9 Å². The first-order chi connectivity index (χ1) is 14.5. The van der Waals surface area contributed by atoms with Crippen molar-refractivity contribution in [1.82, 2.24) is 25.0 Å². The van der Waals surface area contributed by atoms with Gasteiger partial charge in [-0.15, -0.1) is 0 Å². The summed E-state index contributed by atoms with van der Waals surface area (Å²) in [5.41, 5.74) is 9.57. The molecule has 1 aliphatic carbocycles. The second-order valence-electron chi connectivity index (χ2n) is 7.63. The molecule has 4 aromatic rings. The first-order valence-electron chi connectivity index (χ1n) is 9.76. The fourth-order valence-corrected chi connectivity index (χ4v) is 3.88. The van der Waals surface area contributed by atoms with Crippen LogP contribution in [0.1, 0.15) is 18.5 Å². The van der Waals surface area contributed by atoms with E-state index in [9.17, 15) is 4.79 Å². The van der Waals surface area contributed by atoms with E-state index in [1.54, 1.807) is 19.4 Å². The highest BCUT2D eigenvalue weighted by atomic mass is 16.1. The fraction of sp³-hybridized carbons (Fsp3) is 0.227. The van der Waals surface area contributed by atoms with Crippen LogP contribution >= 0.6 is 0 Å². The maximum Gasteiger partial charge on any atom is 0.229 e. The summed E-state index contributed by atoms with van der Waals surface area (Å²) in [6, 6.07) is 10.1. The third-order valence-electron chi connectivity index (χ3n) is 5.81. The molecule has 1 fully saturated rings. The number of nitrogens with zero attached hydrogens (tertiary/aromatic N) is 5. The molecule has 30 heavy (non-hydrogen) atoms. The van der Waals surface area contributed by atoms with Crippen LogP contribution in [0.5, 0.6) is 0 Å². The lowest BCUT2D eigenvalue weighted by Gasteiger charge is -2.15. The minimum absolute atomic E-state index is 0.313. The number of carbonyl (C=O) groups is 1. The predicted octanol–water partition coefficient (Wildman–Crippen LogP) is 2.65. The molecule has 5 rings (SSSR count). The van der Waals surface area contributed by atoms with Crippen LogP contribution in [0, 0.1) is 0 Å². The molecule has 3 aromatic heterocycles. The zero-order chi connectivity index (χ0) is 20.9. The first kappa shape index (κ1) is 18.2. The Morgan fingerprint density at radius 2 is 1.80 bits per heavy atom. The van der Waals surface area contributed by atoms with Crippen molar-refractivity contribution in [1.29, 1.82) is 0 Å². The number of nitrogens with one attached hydrogen (secondary N) is 1. The molecule has 0 radical (unpaired) electrons. The van der Waals surface area contributed by atoms with E-state index in [1.165, 1.54) is 4.80 Å². The number of primary amides is 1. The van der Waals surface area contributed by atoms with E-state index in [0.717, 1.165) is 57.5 Å². The van der Waals surface area contributed by atoms with E-state index in [0.29, 0.717) is 0 Å². The quantitative estimate of drug-likeness (QED) is 0.534. The van der Waals surface area contributed by atoms with Gasteiger partial charge in [0.25, 0.3) is 0 Å². The molecule has 1 saturated carbocycles. The number of carbonyl (C=O) groups excluding carboxylic acids is 1. The Labute approximate surface area is 173 Å². The molecule has 0 bridgehead atoms. The summed E-state index contributed by atoms with van der Waals surface area (Å²) >= 11 is 0. The highest BCUT2D eigenvalue weighted by Gasteiger charge is 2.51. The molecule has 150 valence electrons. The number of aromatic nitrogens is 5. The monoisotopic (exact) mass is 399 g/mol. The molecule has 1 aliphatic rings. The van der Waals surface area contributed by atoms with E-state index in [2.05, 4.69) is 25.5 Å². The smallest absolute Gasteiger partial charge is 0.229 e. The number of benzene rings is 1. The van der Waals surface area contributed by atoms with Gasteiger partial charge in [0.2, 0.25) is 5.91 Å². The van der Waals surface area contributed by atoms with Gasteiger partial charge in [-0.25, -0.2) is 4.98 Å². The Morgan fingerprint density at radius 3 is 2.40 bits per heavy atom. The molecule has 0 atom stereocenters. The lowest BCUT2D eigenvalue weighted by Crippen LogP contribution is -2.29. The van der Waals surface area contributed by atoms with Crippen molar-refractivity contribution in [2.75, 3.05) is 12.4 Å². The summed E-state index contributed by atoms with van der Waals surface area (Å²) in [4.78, 5) is 22.7. The van der Waals surface area contributed by atoms with Gasteiger partial charge in [0, 0.05) is 43.0 Å². The van der Waals surface area contributed by atoms with Crippen LogP contribution in [-0.2, 0) is 17.3 Å². The van der Waals surface area contributed by atoms with Gasteiger partial charge in [0.05, 0.1) is 17.3 Å². The SMILES string of the molecule is CNc1ncc(-c2ccc(-c3cnn(C)n3)cc2)c2cc(C3(C(N)=O)CC3)ncc12. The molecule has 0 spiro atoms. The molecule has 1 amide bonds. The van der Waals surface area contributed by atoms with E-state index in [4.69, 9.17) is 5.73 Å². The van der Waals surface area contributed by atoms with Crippen LogP contribution in [0.3, 0.4) is 0 Å². The van der Waals surface area contributed by atoms with Crippen LogP contribution < -0.4 is 11.1 Å². The third kappa shape index (κ3) is 2.80.